The predicted molar refractivity (Wildman–Crippen MR) is 68.9 cm³/mol. The summed E-state index contributed by atoms with van der Waals surface area (Å²) in [5.41, 5.74) is 7.15. The van der Waals surface area contributed by atoms with Gasteiger partial charge in [-0.05, 0) is 24.5 Å². The van der Waals surface area contributed by atoms with Crippen molar-refractivity contribution in [2.75, 3.05) is 5.32 Å². The quantitative estimate of drug-likeness (QED) is 0.748. The van der Waals surface area contributed by atoms with Gasteiger partial charge < -0.3 is 16.2 Å². The van der Waals surface area contributed by atoms with Gasteiger partial charge in [-0.15, -0.1) is 0 Å². The van der Waals surface area contributed by atoms with Crippen LogP contribution in [0.5, 0.6) is 5.75 Å². The standard InChI is InChI=1S/C13H20N2O2/c1-4-8(2)12(14)13(17)15-10-6-5-9(3)11(16)7-10/h5-8,12,16H,4,14H2,1-3H3,(H,15,17)/t8?,12-/m0/s1. The molecule has 1 aromatic carbocycles. The number of anilines is 1. The molecule has 0 spiro atoms. The van der Waals surface area contributed by atoms with Crippen molar-refractivity contribution in [2.45, 2.75) is 33.2 Å². The number of amides is 1. The minimum absolute atomic E-state index is 0.133. The normalized spacial score (nSPS) is 14.1. The van der Waals surface area contributed by atoms with E-state index in [2.05, 4.69) is 5.32 Å². The second-order valence-electron chi connectivity index (χ2n) is 4.40. The summed E-state index contributed by atoms with van der Waals surface area (Å²) in [6.07, 6.45) is 0.855. The zero-order valence-electron chi connectivity index (χ0n) is 10.5. The number of aromatic hydroxyl groups is 1. The maximum absolute atomic E-state index is 11.8. The SMILES string of the molecule is CCC(C)[C@H](N)C(=O)Nc1ccc(C)c(O)c1. The molecule has 0 saturated carbocycles. The van der Waals surface area contributed by atoms with Crippen LogP contribution in [0.1, 0.15) is 25.8 Å². The third-order valence-electron chi connectivity index (χ3n) is 3.04. The zero-order valence-corrected chi connectivity index (χ0v) is 10.5. The number of rotatable bonds is 4. The van der Waals surface area contributed by atoms with E-state index < -0.39 is 6.04 Å². The molecule has 0 fully saturated rings. The number of benzene rings is 1. The molecule has 94 valence electrons. The van der Waals surface area contributed by atoms with Gasteiger partial charge in [0.05, 0.1) is 6.04 Å². The Morgan fingerprint density at radius 1 is 1.53 bits per heavy atom. The van der Waals surface area contributed by atoms with Crippen molar-refractivity contribution in [1.29, 1.82) is 0 Å². The molecule has 0 heterocycles. The fourth-order valence-corrected chi connectivity index (χ4v) is 1.43. The molecular formula is C13H20N2O2. The Morgan fingerprint density at radius 2 is 2.18 bits per heavy atom. The monoisotopic (exact) mass is 236 g/mol. The number of phenols is 1. The van der Waals surface area contributed by atoms with E-state index in [1.165, 1.54) is 6.07 Å². The molecule has 0 aliphatic carbocycles. The summed E-state index contributed by atoms with van der Waals surface area (Å²) in [5.74, 6) is 0.0801. The molecule has 0 aliphatic rings. The van der Waals surface area contributed by atoms with E-state index in [1.807, 2.05) is 13.8 Å². The summed E-state index contributed by atoms with van der Waals surface area (Å²) in [4.78, 5) is 11.8. The molecule has 4 N–H and O–H groups in total. The summed E-state index contributed by atoms with van der Waals surface area (Å²) >= 11 is 0. The van der Waals surface area contributed by atoms with Gasteiger partial charge in [0, 0.05) is 11.8 Å². The first-order chi connectivity index (χ1) is 7.95. The van der Waals surface area contributed by atoms with Gasteiger partial charge in [-0.3, -0.25) is 4.79 Å². The maximum Gasteiger partial charge on any atom is 0.241 e. The van der Waals surface area contributed by atoms with E-state index in [-0.39, 0.29) is 17.6 Å². The lowest BCUT2D eigenvalue weighted by Gasteiger charge is -2.17. The Kier molecular flexibility index (Phi) is 4.52. The largest absolute Gasteiger partial charge is 0.508 e. The molecule has 2 atom stereocenters. The molecule has 0 saturated heterocycles. The molecule has 4 nitrogen and oxygen atoms in total. The fourth-order valence-electron chi connectivity index (χ4n) is 1.43. The van der Waals surface area contributed by atoms with E-state index >= 15 is 0 Å². The van der Waals surface area contributed by atoms with Gasteiger partial charge in [0.1, 0.15) is 5.75 Å². The summed E-state index contributed by atoms with van der Waals surface area (Å²) in [7, 11) is 0. The number of nitrogens with one attached hydrogen (secondary N) is 1. The van der Waals surface area contributed by atoms with E-state index in [0.29, 0.717) is 5.69 Å². The highest BCUT2D eigenvalue weighted by atomic mass is 16.3. The molecule has 4 heteroatoms. The second-order valence-corrected chi connectivity index (χ2v) is 4.40. The van der Waals surface area contributed by atoms with Crippen LogP contribution in [0.2, 0.25) is 0 Å². The first-order valence-electron chi connectivity index (χ1n) is 5.81. The average molecular weight is 236 g/mol. The van der Waals surface area contributed by atoms with Crippen LogP contribution in [0.3, 0.4) is 0 Å². The van der Waals surface area contributed by atoms with Crippen LogP contribution in [-0.4, -0.2) is 17.1 Å². The Labute approximate surface area is 102 Å². The Balaban J connectivity index is 2.71. The predicted octanol–water partition coefficient (Wildman–Crippen LogP) is 2.01. The number of phenolic OH excluding ortho intramolecular Hbond substituents is 1. The van der Waals surface area contributed by atoms with Gasteiger partial charge >= 0.3 is 0 Å². The molecule has 0 radical (unpaired) electrons. The van der Waals surface area contributed by atoms with Gasteiger partial charge in [0.25, 0.3) is 0 Å². The molecule has 1 unspecified atom stereocenters. The number of hydrogen-bond donors (Lipinski definition) is 3. The molecule has 17 heavy (non-hydrogen) atoms. The molecule has 1 amide bonds. The van der Waals surface area contributed by atoms with Crippen LogP contribution < -0.4 is 11.1 Å². The summed E-state index contributed by atoms with van der Waals surface area (Å²) in [5, 5.41) is 12.2. The number of hydrogen-bond acceptors (Lipinski definition) is 3. The van der Waals surface area contributed by atoms with Crippen LogP contribution in [0.25, 0.3) is 0 Å². The van der Waals surface area contributed by atoms with E-state index in [1.54, 1.807) is 19.1 Å². The van der Waals surface area contributed by atoms with E-state index in [4.69, 9.17) is 5.73 Å². The Hall–Kier alpha value is -1.55. The minimum Gasteiger partial charge on any atom is -0.508 e. The van der Waals surface area contributed by atoms with Gasteiger partial charge in [0.15, 0.2) is 0 Å². The second kappa shape index (κ2) is 5.68. The molecule has 0 bridgehead atoms. The van der Waals surface area contributed by atoms with Crippen molar-refractivity contribution in [3.05, 3.63) is 23.8 Å². The molecular weight excluding hydrogens is 216 g/mol. The van der Waals surface area contributed by atoms with Crippen molar-refractivity contribution < 1.29 is 9.90 Å². The number of carbonyl (C=O) groups excluding carboxylic acids is 1. The number of carbonyl (C=O) groups is 1. The van der Waals surface area contributed by atoms with Crippen molar-refractivity contribution >= 4 is 11.6 Å². The zero-order chi connectivity index (χ0) is 13.0. The topological polar surface area (TPSA) is 75.4 Å². The Morgan fingerprint density at radius 3 is 2.71 bits per heavy atom. The van der Waals surface area contributed by atoms with Crippen molar-refractivity contribution in [3.8, 4) is 5.75 Å². The smallest absolute Gasteiger partial charge is 0.241 e. The highest BCUT2D eigenvalue weighted by Gasteiger charge is 2.19. The van der Waals surface area contributed by atoms with Crippen LogP contribution in [0, 0.1) is 12.8 Å². The molecule has 1 aromatic rings. The highest BCUT2D eigenvalue weighted by Crippen LogP contribution is 2.21. The van der Waals surface area contributed by atoms with E-state index in [9.17, 15) is 9.90 Å². The lowest BCUT2D eigenvalue weighted by atomic mass is 9.99. The van der Waals surface area contributed by atoms with Crippen LogP contribution in [0.15, 0.2) is 18.2 Å². The number of aryl methyl sites for hydroxylation is 1. The van der Waals surface area contributed by atoms with Gasteiger partial charge in [-0.2, -0.15) is 0 Å². The molecule has 1 rings (SSSR count). The van der Waals surface area contributed by atoms with Gasteiger partial charge in [-0.1, -0.05) is 26.3 Å². The van der Waals surface area contributed by atoms with Crippen molar-refractivity contribution in [1.82, 2.24) is 0 Å². The highest BCUT2D eigenvalue weighted by molar-refractivity contribution is 5.95. The first kappa shape index (κ1) is 13.5. The maximum atomic E-state index is 11.8. The first-order valence-corrected chi connectivity index (χ1v) is 5.81. The molecule has 0 aromatic heterocycles. The van der Waals surface area contributed by atoms with E-state index in [0.717, 1.165) is 12.0 Å². The van der Waals surface area contributed by atoms with Crippen LogP contribution in [0.4, 0.5) is 5.69 Å². The lowest BCUT2D eigenvalue weighted by Crippen LogP contribution is -2.40. The van der Waals surface area contributed by atoms with Crippen molar-refractivity contribution in [2.24, 2.45) is 11.7 Å². The van der Waals surface area contributed by atoms with Crippen molar-refractivity contribution in [3.63, 3.8) is 0 Å². The van der Waals surface area contributed by atoms with Crippen LogP contribution in [-0.2, 0) is 4.79 Å². The fraction of sp³-hybridized carbons (Fsp3) is 0.462. The van der Waals surface area contributed by atoms with Crippen LogP contribution >= 0.6 is 0 Å². The third-order valence-corrected chi connectivity index (χ3v) is 3.04. The average Bonchev–Trinajstić information content (AvgIpc) is 2.31. The summed E-state index contributed by atoms with van der Waals surface area (Å²) < 4.78 is 0. The minimum atomic E-state index is -0.525. The Bertz CT molecular complexity index is 404. The molecule has 0 aliphatic heterocycles. The summed E-state index contributed by atoms with van der Waals surface area (Å²) in [6.45, 7) is 5.73. The third kappa shape index (κ3) is 3.46. The number of nitrogens with two attached hydrogens (primary N) is 1. The van der Waals surface area contributed by atoms with Gasteiger partial charge in [0.2, 0.25) is 5.91 Å². The lowest BCUT2D eigenvalue weighted by molar-refractivity contribution is -0.118. The summed E-state index contributed by atoms with van der Waals surface area (Å²) in [6, 6.07) is 4.50. The van der Waals surface area contributed by atoms with Gasteiger partial charge in [-0.25, -0.2) is 0 Å².